The van der Waals surface area contributed by atoms with Gasteiger partial charge in [0.2, 0.25) is 17.6 Å². The average Bonchev–Trinajstić information content (AvgIpc) is 2.82. The molecule has 0 unspecified atom stereocenters. The van der Waals surface area contributed by atoms with Crippen molar-refractivity contribution < 1.29 is 27.8 Å². The maximum atomic E-state index is 14.1. The van der Waals surface area contributed by atoms with Crippen LogP contribution in [-0.2, 0) is 4.74 Å². The number of carbonyl (C=O) groups excluding carboxylic acids is 1. The van der Waals surface area contributed by atoms with Gasteiger partial charge >= 0.3 is 6.09 Å². The Balaban J connectivity index is 2.20. The quantitative estimate of drug-likeness (QED) is 0.242. The van der Waals surface area contributed by atoms with E-state index in [1.54, 1.807) is 18.7 Å². The van der Waals surface area contributed by atoms with Crippen LogP contribution in [-0.4, -0.2) is 83.8 Å². The molecule has 3 N–H and O–H groups in total. The van der Waals surface area contributed by atoms with Gasteiger partial charge < -0.3 is 30.2 Å². The molecule has 0 aromatic carbocycles. The second-order valence-corrected chi connectivity index (χ2v) is 10.9. The van der Waals surface area contributed by atoms with Crippen molar-refractivity contribution in [3.8, 4) is 24.1 Å². The number of nitrogens with two attached hydrogens (primary N) is 1. The Morgan fingerprint density at radius 2 is 2.00 bits per heavy atom. The van der Waals surface area contributed by atoms with Gasteiger partial charge in [-0.2, -0.15) is 9.97 Å². The van der Waals surface area contributed by atoms with E-state index in [2.05, 4.69) is 26.2 Å². The van der Waals surface area contributed by atoms with Gasteiger partial charge in [-0.05, 0) is 40.7 Å². The number of hydrogen-bond acceptors (Lipinski definition) is 8. The monoisotopic (exact) mass is 552 g/mol. The van der Waals surface area contributed by atoms with E-state index in [0.717, 1.165) is 0 Å². The van der Waals surface area contributed by atoms with E-state index in [0.29, 0.717) is 25.8 Å². The number of nitrogens with zero attached hydrogens (tertiary/aromatic N) is 4. The van der Waals surface area contributed by atoms with Crippen LogP contribution in [0.4, 0.5) is 13.6 Å². The second kappa shape index (κ2) is 13.7. The number of hydrogen-bond donors (Lipinski definition) is 2. The number of amides is 1. The number of terminal acetylenes is 1. The van der Waals surface area contributed by atoms with Gasteiger partial charge in [0.1, 0.15) is 17.8 Å². The summed E-state index contributed by atoms with van der Waals surface area (Å²) in [5.41, 5.74) is 5.34. The van der Waals surface area contributed by atoms with E-state index in [1.165, 1.54) is 20.2 Å². The minimum atomic E-state index is -2.88. The molecule has 1 saturated heterocycles. The number of ether oxygens (including phenoxy) is 3. The van der Waals surface area contributed by atoms with Crippen LogP contribution in [0.15, 0.2) is 11.1 Å². The molecule has 4 atom stereocenters. The highest BCUT2D eigenvalue weighted by molar-refractivity contribution is 5.94. The molecule has 0 saturated carbocycles. The van der Waals surface area contributed by atoms with Gasteiger partial charge in [-0.15, -0.1) is 12.3 Å². The van der Waals surface area contributed by atoms with Crippen LogP contribution in [0.2, 0.25) is 0 Å². The Bertz CT molecular complexity index is 1040. The molecule has 0 bridgehead atoms. The Morgan fingerprint density at radius 1 is 1.33 bits per heavy atom. The summed E-state index contributed by atoms with van der Waals surface area (Å²) >= 11 is 0. The Hall–Kier alpha value is -3.20. The van der Waals surface area contributed by atoms with E-state index in [4.69, 9.17) is 26.4 Å². The molecule has 1 aromatic rings. The smallest absolute Gasteiger partial charge is 0.410 e. The summed E-state index contributed by atoms with van der Waals surface area (Å²) in [4.78, 5) is 27.0. The Labute approximate surface area is 230 Å². The molecule has 0 radical (unpaired) electrons. The molecule has 1 aromatic heterocycles. The topological polar surface area (TPSA) is 124 Å². The first-order valence-electron chi connectivity index (χ1n) is 13.1. The highest BCUT2D eigenvalue weighted by Gasteiger charge is 2.35. The fourth-order valence-electron chi connectivity index (χ4n) is 4.20. The van der Waals surface area contributed by atoms with E-state index in [9.17, 15) is 13.6 Å². The van der Waals surface area contributed by atoms with Crippen LogP contribution in [0.3, 0.4) is 0 Å². The number of likely N-dealkylation sites (tertiary alicyclic amines) is 1. The maximum absolute atomic E-state index is 14.1. The summed E-state index contributed by atoms with van der Waals surface area (Å²) in [6, 6.07) is 1.22. The minimum Gasteiger partial charge on any atom is -0.474 e. The first kappa shape index (κ1) is 32.0. The molecule has 12 heteroatoms. The molecule has 1 fully saturated rings. The lowest BCUT2D eigenvalue weighted by Crippen LogP contribution is -2.50. The number of rotatable bonds is 11. The standard InChI is InChI=1S/C27H42F2N6O4/c1-9-10-19-13-20(11-12-35(19)25(36)39-26(4,5)6)38-22-14-21(33-24(34-22)23(30)32-8)37-18(3)17(2)15-27(28,29)16-31-7/h1,14,17-20,31H,10-13,15-16H2,2-8H3,(H2,30,32)/t17-,18-,19+,20-/m0/s1. The molecule has 39 heavy (non-hydrogen) atoms. The fourth-order valence-corrected chi connectivity index (χ4v) is 4.20. The van der Waals surface area contributed by atoms with Crippen LogP contribution in [0.25, 0.3) is 0 Å². The van der Waals surface area contributed by atoms with E-state index >= 15 is 0 Å². The minimum absolute atomic E-state index is 0.0662. The third kappa shape index (κ3) is 10.1. The molecular weight excluding hydrogens is 510 g/mol. The number of alkyl halides is 2. The summed E-state index contributed by atoms with van der Waals surface area (Å²) in [7, 11) is 2.98. The lowest BCUT2D eigenvalue weighted by atomic mass is 9.97. The third-order valence-electron chi connectivity index (χ3n) is 6.25. The van der Waals surface area contributed by atoms with Gasteiger partial charge in [0, 0.05) is 45.3 Å². The molecule has 218 valence electrons. The Kier molecular flexibility index (Phi) is 11.3. The van der Waals surface area contributed by atoms with Crippen LogP contribution in [0.1, 0.15) is 66.1 Å². The van der Waals surface area contributed by atoms with E-state index in [-0.39, 0.29) is 42.0 Å². The largest absolute Gasteiger partial charge is 0.474 e. The van der Waals surface area contributed by atoms with Crippen molar-refractivity contribution in [1.82, 2.24) is 20.2 Å². The normalized spacial score (nSPS) is 20.1. The number of halogens is 2. The summed E-state index contributed by atoms with van der Waals surface area (Å²) < 4.78 is 45.9. The predicted octanol–water partition coefficient (Wildman–Crippen LogP) is 3.63. The first-order valence-corrected chi connectivity index (χ1v) is 13.1. The lowest BCUT2D eigenvalue weighted by molar-refractivity contribution is -0.0324. The van der Waals surface area contributed by atoms with Crippen molar-refractivity contribution >= 4 is 11.9 Å². The molecule has 0 spiro atoms. The highest BCUT2D eigenvalue weighted by atomic mass is 19.3. The van der Waals surface area contributed by atoms with Crippen LogP contribution in [0, 0.1) is 18.3 Å². The molecular formula is C27H42F2N6O4. The summed E-state index contributed by atoms with van der Waals surface area (Å²) in [5.74, 6) is -0.245. The molecule has 10 nitrogen and oxygen atoms in total. The number of nitrogens with one attached hydrogen (secondary N) is 1. The predicted molar refractivity (Wildman–Crippen MR) is 145 cm³/mol. The number of carbonyl (C=O) groups is 1. The number of aliphatic imine (C=N–C) groups is 1. The fraction of sp³-hybridized carbons (Fsp3) is 0.704. The maximum Gasteiger partial charge on any atom is 0.410 e. The lowest BCUT2D eigenvalue weighted by Gasteiger charge is -2.39. The van der Waals surface area contributed by atoms with Crippen LogP contribution < -0.4 is 20.5 Å². The van der Waals surface area contributed by atoms with Crippen molar-refractivity contribution in [2.24, 2.45) is 16.6 Å². The summed E-state index contributed by atoms with van der Waals surface area (Å²) in [5, 5.41) is 2.51. The van der Waals surface area contributed by atoms with E-state index in [1.807, 2.05) is 20.8 Å². The van der Waals surface area contributed by atoms with Crippen molar-refractivity contribution in [3.63, 3.8) is 0 Å². The summed E-state index contributed by atoms with van der Waals surface area (Å²) in [6.45, 7) is 8.80. The average molecular weight is 553 g/mol. The second-order valence-electron chi connectivity index (χ2n) is 10.9. The van der Waals surface area contributed by atoms with Gasteiger partial charge in [0.15, 0.2) is 5.84 Å². The summed E-state index contributed by atoms with van der Waals surface area (Å²) in [6.07, 6.45) is 5.22. The number of aromatic nitrogens is 2. The van der Waals surface area contributed by atoms with Crippen molar-refractivity contribution in [3.05, 3.63) is 11.9 Å². The zero-order valence-electron chi connectivity index (χ0n) is 24.0. The van der Waals surface area contributed by atoms with Gasteiger partial charge in [0.05, 0.1) is 12.6 Å². The zero-order valence-corrected chi connectivity index (χ0v) is 24.0. The molecule has 2 rings (SSSR count). The molecule has 1 aliphatic heterocycles. The molecule has 1 aliphatic rings. The van der Waals surface area contributed by atoms with Gasteiger partial charge in [-0.1, -0.05) is 6.92 Å². The van der Waals surface area contributed by atoms with Gasteiger partial charge in [-0.25, -0.2) is 13.6 Å². The molecule has 2 heterocycles. The SMILES string of the molecule is C#CC[C@@H]1C[C@@H](Oc2cc(O[C@@H](C)[C@@H](C)CC(F)(F)CNC)nc(/C(N)=N/C)n2)CCN1C(=O)OC(C)(C)C. The van der Waals surface area contributed by atoms with Gasteiger partial charge in [-0.3, -0.25) is 4.99 Å². The molecule has 1 amide bonds. The molecule has 0 aliphatic carbocycles. The van der Waals surface area contributed by atoms with Crippen molar-refractivity contribution in [2.75, 3.05) is 27.2 Å². The van der Waals surface area contributed by atoms with Crippen LogP contribution >= 0.6 is 0 Å². The number of amidine groups is 1. The van der Waals surface area contributed by atoms with Crippen molar-refractivity contribution in [2.45, 2.75) is 90.1 Å². The third-order valence-corrected chi connectivity index (χ3v) is 6.25. The first-order chi connectivity index (χ1) is 18.2. The van der Waals surface area contributed by atoms with Crippen LogP contribution in [0.5, 0.6) is 11.8 Å². The number of piperidine rings is 1. The van der Waals surface area contributed by atoms with E-state index < -0.39 is 36.2 Å². The van der Waals surface area contributed by atoms with Crippen molar-refractivity contribution in [1.29, 1.82) is 0 Å². The highest BCUT2D eigenvalue weighted by Crippen LogP contribution is 2.29. The Morgan fingerprint density at radius 3 is 2.59 bits per heavy atom. The van der Waals surface area contributed by atoms with Gasteiger partial charge in [0.25, 0.3) is 5.92 Å². The zero-order chi connectivity index (χ0) is 29.4.